The summed E-state index contributed by atoms with van der Waals surface area (Å²) in [6, 6.07) is 8.36. The molecule has 3 heteroatoms. The smallest absolute Gasteiger partial charge is 0.303 e. The molecule has 0 radical (unpaired) electrons. The van der Waals surface area contributed by atoms with Gasteiger partial charge in [0.15, 0.2) is 0 Å². The standard InChI is InChI=1S/C16H18O2S/c17-15(18)8-7-14-11-1-2-12(9-11)16(14)10-3-5-13(19)6-4-10/h1-6,11-12,14,16,19H,7-9H2,(H,17,18). The highest BCUT2D eigenvalue weighted by Crippen LogP contribution is 2.54. The molecule has 2 aliphatic carbocycles. The van der Waals surface area contributed by atoms with E-state index >= 15 is 0 Å². The zero-order valence-electron chi connectivity index (χ0n) is 10.7. The van der Waals surface area contributed by atoms with Crippen LogP contribution in [0.2, 0.25) is 0 Å². The first kappa shape index (κ1) is 12.8. The lowest BCUT2D eigenvalue weighted by Gasteiger charge is -2.28. The van der Waals surface area contributed by atoms with Crippen molar-refractivity contribution in [3.63, 3.8) is 0 Å². The van der Waals surface area contributed by atoms with Gasteiger partial charge in [0.2, 0.25) is 0 Å². The lowest BCUT2D eigenvalue weighted by atomic mass is 9.76. The van der Waals surface area contributed by atoms with Gasteiger partial charge in [-0.05, 0) is 54.2 Å². The number of carboxylic acids is 1. The second kappa shape index (κ2) is 5.04. The van der Waals surface area contributed by atoms with Crippen LogP contribution in [0.5, 0.6) is 0 Å². The third-order valence-electron chi connectivity index (χ3n) is 4.59. The molecular weight excluding hydrogens is 256 g/mol. The van der Waals surface area contributed by atoms with Gasteiger partial charge in [-0.2, -0.15) is 0 Å². The Morgan fingerprint density at radius 1 is 1.21 bits per heavy atom. The molecule has 2 nitrogen and oxygen atoms in total. The van der Waals surface area contributed by atoms with E-state index in [2.05, 4.69) is 36.9 Å². The molecule has 0 saturated heterocycles. The van der Waals surface area contributed by atoms with Crippen LogP contribution >= 0.6 is 12.6 Å². The van der Waals surface area contributed by atoms with Crippen LogP contribution in [-0.4, -0.2) is 11.1 Å². The van der Waals surface area contributed by atoms with E-state index in [1.807, 2.05) is 12.1 Å². The number of allylic oxidation sites excluding steroid dienone is 2. The molecule has 1 saturated carbocycles. The Balaban J connectivity index is 1.83. The summed E-state index contributed by atoms with van der Waals surface area (Å²) in [5.74, 6) is 1.45. The van der Waals surface area contributed by atoms with Crippen LogP contribution in [0.15, 0.2) is 41.3 Å². The maximum Gasteiger partial charge on any atom is 0.303 e. The van der Waals surface area contributed by atoms with E-state index < -0.39 is 5.97 Å². The minimum Gasteiger partial charge on any atom is -0.481 e. The first-order valence-electron chi connectivity index (χ1n) is 6.84. The number of fused-ring (bicyclic) bond motifs is 2. The second-order valence-electron chi connectivity index (χ2n) is 5.66. The monoisotopic (exact) mass is 274 g/mol. The molecule has 1 aromatic carbocycles. The lowest BCUT2D eigenvalue weighted by Crippen LogP contribution is -2.19. The summed E-state index contributed by atoms with van der Waals surface area (Å²) in [7, 11) is 0. The fourth-order valence-electron chi connectivity index (χ4n) is 3.80. The Kier molecular flexibility index (Phi) is 3.40. The Bertz CT molecular complexity index is 506. The van der Waals surface area contributed by atoms with Gasteiger partial charge in [0.1, 0.15) is 0 Å². The Labute approximate surface area is 118 Å². The average Bonchev–Trinajstić information content (AvgIpc) is 2.97. The van der Waals surface area contributed by atoms with Crippen molar-refractivity contribution in [2.45, 2.75) is 30.1 Å². The van der Waals surface area contributed by atoms with Crippen molar-refractivity contribution in [2.24, 2.45) is 17.8 Å². The van der Waals surface area contributed by atoms with Crippen LogP contribution in [0.1, 0.15) is 30.7 Å². The molecule has 0 heterocycles. The van der Waals surface area contributed by atoms with Crippen molar-refractivity contribution >= 4 is 18.6 Å². The van der Waals surface area contributed by atoms with Gasteiger partial charge < -0.3 is 5.11 Å². The lowest BCUT2D eigenvalue weighted by molar-refractivity contribution is -0.137. The summed E-state index contributed by atoms with van der Waals surface area (Å²) >= 11 is 4.33. The van der Waals surface area contributed by atoms with E-state index in [1.54, 1.807) is 0 Å². The van der Waals surface area contributed by atoms with Crippen molar-refractivity contribution in [1.29, 1.82) is 0 Å². The minimum atomic E-state index is -0.684. The van der Waals surface area contributed by atoms with Gasteiger partial charge in [-0.25, -0.2) is 0 Å². The van der Waals surface area contributed by atoms with Gasteiger partial charge >= 0.3 is 5.97 Å². The number of aliphatic carboxylic acids is 1. The van der Waals surface area contributed by atoms with E-state index in [-0.39, 0.29) is 6.42 Å². The van der Waals surface area contributed by atoms with Crippen LogP contribution in [0.3, 0.4) is 0 Å². The second-order valence-corrected chi connectivity index (χ2v) is 6.18. The first-order chi connectivity index (χ1) is 9.15. The molecule has 100 valence electrons. The van der Waals surface area contributed by atoms with Gasteiger partial charge in [0.05, 0.1) is 0 Å². The summed E-state index contributed by atoms with van der Waals surface area (Å²) in [6.45, 7) is 0. The van der Waals surface area contributed by atoms with E-state index in [4.69, 9.17) is 5.11 Å². The van der Waals surface area contributed by atoms with E-state index in [9.17, 15) is 4.79 Å². The van der Waals surface area contributed by atoms with Crippen LogP contribution in [0.4, 0.5) is 0 Å². The SMILES string of the molecule is O=C(O)CCC1C2C=CC(C2)C1c1ccc(S)cc1. The Hall–Kier alpha value is -1.22. The fourth-order valence-corrected chi connectivity index (χ4v) is 3.95. The molecule has 4 unspecified atom stereocenters. The van der Waals surface area contributed by atoms with Gasteiger partial charge in [-0.1, -0.05) is 24.3 Å². The third kappa shape index (κ3) is 2.44. The number of benzene rings is 1. The predicted molar refractivity (Wildman–Crippen MR) is 77.5 cm³/mol. The number of hydrogen-bond acceptors (Lipinski definition) is 2. The van der Waals surface area contributed by atoms with Gasteiger partial charge in [0.25, 0.3) is 0 Å². The molecule has 4 atom stereocenters. The van der Waals surface area contributed by atoms with Crippen LogP contribution in [0.25, 0.3) is 0 Å². The molecule has 1 aromatic rings. The molecule has 0 amide bonds. The molecule has 0 aromatic heterocycles. The third-order valence-corrected chi connectivity index (χ3v) is 4.89. The summed E-state index contributed by atoms with van der Waals surface area (Å²) in [5, 5.41) is 8.91. The molecule has 0 aliphatic heterocycles. The van der Waals surface area contributed by atoms with Crippen LogP contribution in [-0.2, 0) is 4.79 Å². The maximum absolute atomic E-state index is 10.8. The van der Waals surface area contributed by atoms with E-state index in [1.165, 1.54) is 12.0 Å². The first-order valence-corrected chi connectivity index (χ1v) is 7.29. The predicted octanol–water partition coefficient (Wildman–Crippen LogP) is 3.75. The summed E-state index contributed by atoms with van der Waals surface area (Å²) in [6.07, 6.45) is 6.87. The molecule has 3 rings (SSSR count). The number of carboxylic acid groups (broad SMARTS) is 1. The normalized spacial score (nSPS) is 31.8. The Morgan fingerprint density at radius 2 is 1.89 bits per heavy atom. The average molecular weight is 274 g/mol. The molecule has 19 heavy (non-hydrogen) atoms. The van der Waals surface area contributed by atoms with Gasteiger partial charge in [-0.15, -0.1) is 12.6 Å². The highest BCUT2D eigenvalue weighted by Gasteiger charge is 2.44. The quantitative estimate of drug-likeness (QED) is 0.648. The summed E-state index contributed by atoms with van der Waals surface area (Å²) in [4.78, 5) is 11.8. The van der Waals surface area contributed by atoms with Crippen molar-refractivity contribution in [1.82, 2.24) is 0 Å². The number of carbonyl (C=O) groups is 1. The molecule has 2 bridgehead atoms. The molecule has 2 aliphatic rings. The topological polar surface area (TPSA) is 37.3 Å². The summed E-state index contributed by atoms with van der Waals surface area (Å²) in [5.41, 5.74) is 1.34. The highest BCUT2D eigenvalue weighted by atomic mass is 32.1. The number of hydrogen-bond donors (Lipinski definition) is 2. The molecule has 1 N–H and O–H groups in total. The van der Waals surface area contributed by atoms with Crippen LogP contribution in [0, 0.1) is 17.8 Å². The largest absolute Gasteiger partial charge is 0.481 e. The van der Waals surface area contributed by atoms with Crippen molar-refractivity contribution in [3.05, 3.63) is 42.0 Å². The van der Waals surface area contributed by atoms with E-state index in [0.717, 1.165) is 11.3 Å². The summed E-state index contributed by atoms with van der Waals surface area (Å²) < 4.78 is 0. The number of thiol groups is 1. The maximum atomic E-state index is 10.8. The molecule has 1 fully saturated rings. The fraction of sp³-hybridized carbons (Fsp3) is 0.438. The molecule has 0 spiro atoms. The van der Waals surface area contributed by atoms with E-state index in [0.29, 0.717) is 23.7 Å². The van der Waals surface area contributed by atoms with Crippen molar-refractivity contribution in [2.75, 3.05) is 0 Å². The zero-order valence-corrected chi connectivity index (χ0v) is 11.6. The van der Waals surface area contributed by atoms with Crippen molar-refractivity contribution in [3.8, 4) is 0 Å². The highest BCUT2D eigenvalue weighted by molar-refractivity contribution is 7.80. The van der Waals surface area contributed by atoms with Gasteiger partial charge in [-0.3, -0.25) is 4.79 Å². The minimum absolute atomic E-state index is 0.281. The Morgan fingerprint density at radius 3 is 2.58 bits per heavy atom. The van der Waals surface area contributed by atoms with Gasteiger partial charge in [0, 0.05) is 11.3 Å². The zero-order chi connectivity index (χ0) is 13.4. The molecular formula is C16H18O2S. The van der Waals surface area contributed by atoms with Crippen LogP contribution < -0.4 is 0 Å². The number of rotatable bonds is 4. The van der Waals surface area contributed by atoms with Crippen molar-refractivity contribution < 1.29 is 9.90 Å².